The van der Waals surface area contributed by atoms with Crippen molar-refractivity contribution in [3.8, 4) is 0 Å². The summed E-state index contributed by atoms with van der Waals surface area (Å²) >= 11 is 2.50. The summed E-state index contributed by atoms with van der Waals surface area (Å²) < 4.78 is 0.624. The lowest BCUT2D eigenvalue weighted by Crippen LogP contribution is -2.23. The van der Waals surface area contributed by atoms with Crippen LogP contribution in [0.1, 0.15) is 22.8 Å². The summed E-state index contributed by atoms with van der Waals surface area (Å²) in [6.45, 7) is 1.76. The molecule has 0 spiro atoms. The van der Waals surface area contributed by atoms with E-state index in [0.29, 0.717) is 26.3 Å². The molecule has 0 radical (unpaired) electrons. The highest BCUT2D eigenvalue weighted by atomic mass is 32.2. The van der Waals surface area contributed by atoms with E-state index in [2.05, 4.69) is 15.5 Å². The number of para-hydroxylation sites is 1. The fraction of sp³-hybridized carbons (Fsp3) is 0.111. The lowest BCUT2D eigenvalue weighted by atomic mass is 10.0. The molecule has 1 aromatic heterocycles. The number of hydrogen-bond acceptors (Lipinski definition) is 7. The molecule has 26 heavy (non-hydrogen) atoms. The number of carbonyl (C=O) groups excluding carboxylic acids is 2. The number of amides is 1. The number of carbonyl (C=O) groups is 2. The molecule has 0 saturated heterocycles. The van der Waals surface area contributed by atoms with Gasteiger partial charge in [0, 0.05) is 11.1 Å². The van der Waals surface area contributed by atoms with E-state index in [4.69, 9.17) is 5.73 Å². The van der Waals surface area contributed by atoms with E-state index in [1.165, 1.54) is 23.1 Å². The zero-order valence-electron chi connectivity index (χ0n) is 13.9. The van der Waals surface area contributed by atoms with E-state index < -0.39 is 5.25 Å². The van der Waals surface area contributed by atoms with Crippen molar-refractivity contribution in [3.63, 3.8) is 0 Å². The topological polar surface area (TPSA) is 98.0 Å². The molecule has 0 aliphatic carbocycles. The standard InChI is InChI=1S/C18H16N4O2S2/c1-11(25-18-22-21-17(19)26-18)16(24)20-14-10-6-5-9-13(14)15(23)12-7-3-2-4-8-12/h2-11H,1H3,(H2,19,21)(H,20,24)/t11-/m1/s1. The normalized spacial score (nSPS) is 11.7. The van der Waals surface area contributed by atoms with Crippen LogP contribution < -0.4 is 11.1 Å². The first kappa shape index (κ1) is 18.1. The fourth-order valence-corrected chi connectivity index (χ4v) is 4.02. The second-order valence-electron chi connectivity index (χ2n) is 5.40. The monoisotopic (exact) mass is 384 g/mol. The molecule has 0 bridgehead atoms. The molecule has 1 atom stereocenters. The van der Waals surface area contributed by atoms with Crippen LogP contribution >= 0.6 is 23.1 Å². The molecule has 0 unspecified atom stereocenters. The van der Waals surface area contributed by atoms with Crippen LogP contribution in [0.4, 0.5) is 10.8 Å². The molecule has 0 aliphatic heterocycles. The molecule has 132 valence electrons. The van der Waals surface area contributed by atoms with Crippen LogP contribution in [0, 0.1) is 0 Å². The van der Waals surface area contributed by atoms with Crippen molar-refractivity contribution in [2.24, 2.45) is 0 Å². The summed E-state index contributed by atoms with van der Waals surface area (Å²) in [5.74, 6) is -0.365. The van der Waals surface area contributed by atoms with Crippen molar-refractivity contribution < 1.29 is 9.59 Å². The van der Waals surface area contributed by atoms with Gasteiger partial charge in [-0.15, -0.1) is 10.2 Å². The summed E-state index contributed by atoms with van der Waals surface area (Å²) in [6, 6.07) is 15.9. The minimum Gasteiger partial charge on any atom is -0.374 e. The smallest absolute Gasteiger partial charge is 0.237 e. The van der Waals surface area contributed by atoms with E-state index in [9.17, 15) is 9.59 Å². The van der Waals surface area contributed by atoms with Crippen LogP contribution in [0.2, 0.25) is 0 Å². The Balaban J connectivity index is 1.75. The molecular weight excluding hydrogens is 368 g/mol. The maximum Gasteiger partial charge on any atom is 0.237 e. The van der Waals surface area contributed by atoms with Crippen LogP contribution in [-0.4, -0.2) is 27.1 Å². The molecule has 1 heterocycles. The SMILES string of the molecule is C[C@@H](Sc1nnc(N)s1)C(=O)Nc1ccccc1C(=O)c1ccccc1. The molecular formula is C18H16N4O2S2. The highest BCUT2D eigenvalue weighted by Gasteiger charge is 2.20. The molecule has 2 aromatic carbocycles. The van der Waals surface area contributed by atoms with Gasteiger partial charge in [0.2, 0.25) is 11.0 Å². The molecule has 3 aromatic rings. The van der Waals surface area contributed by atoms with Crippen molar-refractivity contribution >= 4 is 45.6 Å². The second kappa shape index (κ2) is 8.11. The van der Waals surface area contributed by atoms with Crippen LogP contribution in [0.25, 0.3) is 0 Å². The minimum absolute atomic E-state index is 0.140. The number of hydrogen-bond donors (Lipinski definition) is 2. The highest BCUT2D eigenvalue weighted by molar-refractivity contribution is 8.02. The Morgan fingerprint density at radius 3 is 2.46 bits per heavy atom. The Hall–Kier alpha value is -2.71. The van der Waals surface area contributed by atoms with Crippen molar-refractivity contribution in [1.29, 1.82) is 0 Å². The van der Waals surface area contributed by atoms with Gasteiger partial charge in [0.15, 0.2) is 10.1 Å². The van der Waals surface area contributed by atoms with Crippen LogP contribution in [0.3, 0.4) is 0 Å². The first-order chi connectivity index (χ1) is 12.5. The molecule has 3 rings (SSSR count). The first-order valence-corrected chi connectivity index (χ1v) is 9.49. The molecule has 3 N–H and O–H groups in total. The van der Waals surface area contributed by atoms with Crippen molar-refractivity contribution in [2.75, 3.05) is 11.1 Å². The Morgan fingerprint density at radius 2 is 1.77 bits per heavy atom. The number of aromatic nitrogens is 2. The maximum atomic E-state index is 12.7. The summed E-state index contributed by atoms with van der Waals surface area (Å²) in [7, 11) is 0. The lowest BCUT2D eigenvalue weighted by Gasteiger charge is -2.13. The average molecular weight is 384 g/mol. The molecule has 0 saturated carbocycles. The fourth-order valence-electron chi connectivity index (χ4n) is 2.24. The number of nitrogens with two attached hydrogens (primary N) is 1. The average Bonchev–Trinajstić information content (AvgIpc) is 3.07. The summed E-state index contributed by atoms with van der Waals surface area (Å²) in [6.07, 6.45) is 0. The maximum absolute atomic E-state index is 12.7. The molecule has 6 nitrogen and oxygen atoms in total. The summed E-state index contributed by atoms with van der Waals surface area (Å²) in [5, 5.41) is 10.4. The first-order valence-electron chi connectivity index (χ1n) is 7.80. The van der Waals surface area contributed by atoms with Gasteiger partial charge in [-0.3, -0.25) is 9.59 Å². The third-order valence-electron chi connectivity index (χ3n) is 3.53. The molecule has 0 aliphatic rings. The number of nitrogens with zero attached hydrogens (tertiary/aromatic N) is 2. The number of rotatable bonds is 6. The second-order valence-corrected chi connectivity index (χ2v) is 7.99. The largest absolute Gasteiger partial charge is 0.374 e. The van der Waals surface area contributed by atoms with E-state index in [-0.39, 0.29) is 11.7 Å². The van der Waals surface area contributed by atoms with E-state index >= 15 is 0 Å². The van der Waals surface area contributed by atoms with Crippen molar-refractivity contribution in [2.45, 2.75) is 16.5 Å². The Bertz CT molecular complexity index is 928. The van der Waals surface area contributed by atoms with Gasteiger partial charge in [-0.1, -0.05) is 65.6 Å². The number of anilines is 2. The number of thioether (sulfide) groups is 1. The van der Waals surface area contributed by atoms with Gasteiger partial charge in [0.1, 0.15) is 0 Å². The predicted molar refractivity (Wildman–Crippen MR) is 105 cm³/mol. The van der Waals surface area contributed by atoms with Gasteiger partial charge in [-0.25, -0.2) is 0 Å². The van der Waals surface area contributed by atoms with Gasteiger partial charge in [0.25, 0.3) is 0 Å². The third kappa shape index (κ3) is 4.27. The number of nitrogen functional groups attached to an aromatic ring is 1. The lowest BCUT2D eigenvalue weighted by molar-refractivity contribution is -0.115. The van der Waals surface area contributed by atoms with Gasteiger partial charge in [-0.2, -0.15) is 0 Å². The van der Waals surface area contributed by atoms with Gasteiger partial charge in [0.05, 0.1) is 10.9 Å². The summed E-state index contributed by atoms with van der Waals surface area (Å²) in [5.41, 5.74) is 7.06. The predicted octanol–water partition coefficient (Wildman–Crippen LogP) is 3.47. The molecule has 1 amide bonds. The number of benzene rings is 2. The highest BCUT2D eigenvalue weighted by Crippen LogP contribution is 2.28. The molecule has 0 fully saturated rings. The zero-order chi connectivity index (χ0) is 18.5. The number of nitrogens with one attached hydrogen (secondary N) is 1. The van der Waals surface area contributed by atoms with Gasteiger partial charge >= 0.3 is 0 Å². The Labute approximate surface area is 158 Å². The van der Waals surface area contributed by atoms with Crippen LogP contribution in [0.15, 0.2) is 58.9 Å². The van der Waals surface area contributed by atoms with Gasteiger partial charge in [-0.05, 0) is 19.1 Å². The Morgan fingerprint density at radius 1 is 1.08 bits per heavy atom. The quantitative estimate of drug-likeness (QED) is 0.499. The third-order valence-corrected chi connectivity index (χ3v) is 5.47. The van der Waals surface area contributed by atoms with E-state index in [1.807, 2.05) is 6.07 Å². The van der Waals surface area contributed by atoms with Crippen molar-refractivity contribution in [1.82, 2.24) is 10.2 Å². The van der Waals surface area contributed by atoms with E-state index in [1.54, 1.807) is 55.5 Å². The van der Waals surface area contributed by atoms with Gasteiger partial charge < -0.3 is 11.1 Å². The van der Waals surface area contributed by atoms with Crippen molar-refractivity contribution in [3.05, 3.63) is 65.7 Å². The van der Waals surface area contributed by atoms with E-state index in [0.717, 1.165) is 0 Å². The minimum atomic E-state index is -0.415. The summed E-state index contributed by atoms with van der Waals surface area (Å²) in [4.78, 5) is 25.2. The number of ketones is 1. The van der Waals surface area contributed by atoms with Crippen LogP contribution in [-0.2, 0) is 4.79 Å². The Kier molecular flexibility index (Phi) is 5.65. The molecule has 8 heteroatoms. The van der Waals surface area contributed by atoms with Crippen LogP contribution in [0.5, 0.6) is 0 Å². The zero-order valence-corrected chi connectivity index (χ0v) is 15.5.